The fourth-order valence-corrected chi connectivity index (χ4v) is 2.62. The molecule has 1 fully saturated rings. The summed E-state index contributed by atoms with van der Waals surface area (Å²) in [5.74, 6) is 1.86. The predicted octanol–water partition coefficient (Wildman–Crippen LogP) is 2.16. The minimum absolute atomic E-state index is 0.288. The lowest BCUT2D eigenvalue weighted by atomic mass is 10.0. The fourth-order valence-electron chi connectivity index (χ4n) is 2.62. The van der Waals surface area contributed by atoms with E-state index in [0.29, 0.717) is 6.61 Å². The molecular formula is C14H29N3O. The molecule has 0 amide bonds. The zero-order valence-corrected chi connectivity index (χ0v) is 12.2. The van der Waals surface area contributed by atoms with Gasteiger partial charge in [0, 0.05) is 26.7 Å². The molecule has 1 rings (SSSR count). The molecule has 0 heterocycles. The first-order chi connectivity index (χ1) is 8.76. The van der Waals surface area contributed by atoms with Crippen LogP contribution in [0.3, 0.4) is 0 Å². The molecule has 18 heavy (non-hydrogen) atoms. The number of aliphatic imine (C=N–C) groups is 1. The number of nitrogens with one attached hydrogen (secondary N) is 2. The number of rotatable bonds is 7. The van der Waals surface area contributed by atoms with E-state index in [0.717, 1.165) is 18.4 Å². The van der Waals surface area contributed by atoms with Crippen molar-refractivity contribution in [3.05, 3.63) is 0 Å². The molecule has 1 aliphatic rings. The van der Waals surface area contributed by atoms with Gasteiger partial charge in [0.05, 0.1) is 6.61 Å². The third kappa shape index (κ3) is 6.24. The van der Waals surface area contributed by atoms with Crippen molar-refractivity contribution in [3.63, 3.8) is 0 Å². The molecule has 1 saturated carbocycles. The number of ether oxygens (including phenoxy) is 1. The van der Waals surface area contributed by atoms with Gasteiger partial charge in [0.1, 0.15) is 0 Å². The predicted molar refractivity (Wildman–Crippen MR) is 77.0 cm³/mol. The normalized spacial score (nSPS) is 18.9. The second kappa shape index (κ2) is 9.20. The molecule has 0 aromatic heterocycles. The zero-order chi connectivity index (χ0) is 13.2. The van der Waals surface area contributed by atoms with E-state index in [2.05, 4.69) is 22.5 Å². The maximum Gasteiger partial charge on any atom is 0.191 e. The van der Waals surface area contributed by atoms with Crippen LogP contribution >= 0.6 is 0 Å². The first-order valence-electron chi connectivity index (χ1n) is 7.22. The Labute approximate surface area is 112 Å². The van der Waals surface area contributed by atoms with Crippen molar-refractivity contribution in [1.82, 2.24) is 10.6 Å². The molecule has 1 unspecified atom stereocenters. The summed E-state index contributed by atoms with van der Waals surface area (Å²) < 4.78 is 5.10. The van der Waals surface area contributed by atoms with Crippen LogP contribution in [0.25, 0.3) is 0 Å². The first kappa shape index (κ1) is 15.3. The van der Waals surface area contributed by atoms with E-state index in [9.17, 15) is 0 Å². The fraction of sp³-hybridized carbons (Fsp3) is 0.929. The summed E-state index contributed by atoms with van der Waals surface area (Å²) in [6.45, 7) is 3.80. The van der Waals surface area contributed by atoms with Gasteiger partial charge in [0.15, 0.2) is 5.96 Å². The highest BCUT2D eigenvalue weighted by Crippen LogP contribution is 2.28. The maximum atomic E-state index is 5.10. The van der Waals surface area contributed by atoms with Gasteiger partial charge in [-0.25, -0.2) is 0 Å². The smallest absolute Gasteiger partial charge is 0.191 e. The molecule has 4 heteroatoms. The molecule has 2 N–H and O–H groups in total. The van der Waals surface area contributed by atoms with Crippen LogP contribution in [0.4, 0.5) is 0 Å². The molecule has 1 atom stereocenters. The van der Waals surface area contributed by atoms with E-state index in [4.69, 9.17) is 4.74 Å². The van der Waals surface area contributed by atoms with Gasteiger partial charge in [0.2, 0.25) is 0 Å². The molecule has 0 saturated heterocycles. The molecule has 106 valence electrons. The van der Waals surface area contributed by atoms with Crippen molar-refractivity contribution in [2.45, 2.75) is 51.5 Å². The Morgan fingerprint density at radius 2 is 2.11 bits per heavy atom. The summed E-state index contributed by atoms with van der Waals surface area (Å²) in [4.78, 5) is 4.22. The van der Waals surface area contributed by atoms with Crippen LogP contribution in [-0.4, -0.2) is 39.3 Å². The Bertz CT molecular complexity index is 237. The van der Waals surface area contributed by atoms with Crippen molar-refractivity contribution in [3.8, 4) is 0 Å². The Balaban J connectivity index is 2.07. The van der Waals surface area contributed by atoms with Gasteiger partial charge >= 0.3 is 0 Å². The van der Waals surface area contributed by atoms with E-state index in [-0.39, 0.29) is 6.04 Å². The second-order valence-electron chi connectivity index (χ2n) is 5.29. The molecule has 4 nitrogen and oxygen atoms in total. The SMILES string of the molecule is CN=C(NCCCC1CCCC1)NC(C)COC. The Kier molecular flexibility index (Phi) is 7.81. The highest BCUT2D eigenvalue weighted by Gasteiger charge is 2.14. The van der Waals surface area contributed by atoms with Gasteiger partial charge in [-0.1, -0.05) is 25.7 Å². The number of methoxy groups -OCH3 is 1. The molecule has 0 radical (unpaired) electrons. The third-order valence-corrected chi connectivity index (χ3v) is 3.58. The molecule has 0 aromatic carbocycles. The van der Waals surface area contributed by atoms with Crippen molar-refractivity contribution in [1.29, 1.82) is 0 Å². The number of nitrogens with zero attached hydrogens (tertiary/aromatic N) is 1. The largest absolute Gasteiger partial charge is 0.383 e. The van der Waals surface area contributed by atoms with Gasteiger partial charge in [-0.15, -0.1) is 0 Å². The molecule has 0 spiro atoms. The summed E-state index contributed by atoms with van der Waals surface area (Å²) in [5, 5.41) is 6.68. The molecule has 0 aliphatic heterocycles. The van der Waals surface area contributed by atoms with Crippen LogP contribution in [0, 0.1) is 5.92 Å². The van der Waals surface area contributed by atoms with Crippen molar-refractivity contribution >= 4 is 5.96 Å². The van der Waals surface area contributed by atoms with E-state index < -0.39 is 0 Å². The van der Waals surface area contributed by atoms with E-state index in [1.807, 2.05) is 7.05 Å². The van der Waals surface area contributed by atoms with Crippen LogP contribution in [0.15, 0.2) is 4.99 Å². The summed E-state index contributed by atoms with van der Waals surface area (Å²) >= 11 is 0. The van der Waals surface area contributed by atoms with Crippen LogP contribution in [0.5, 0.6) is 0 Å². The Morgan fingerprint density at radius 3 is 2.72 bits per heavy atom. The summed E-state index contributed by atoms with van der Waals surface area (Å²) in [5.41, 5.74) is 0. The minimum Gasteiger partial charge on any atom is -0.383 e. The Hall–Kier alpha value is -0.770. The number of hydrogen-bond donors (Lipinski definition) is 2. The van der Waals surface area contributed by atoms with Gasteiger partial charge < -0.3 is 15.4 Å². The highest BCUT2D eigenvalue weighted by molar-refractivity contribution is 5.79. The van der Waals surface area contributed by atoms with Crippen molar-refractivity contribution < 1.29 is 4.74 Å². The Morgan fingerprint density at radius 1 is 1.39 bits per heavy atom. The lowest BCUT2D eigenvalue weighted by molar-refractivity contribution is 0.179. The summed E-state index contributed by atoms with van der Waals surface area (Å²) in [7, 11) is 3.53. The topological polar surface area (TPSA) is 45.7 Å². The summed E-state index contributed by atoms with van der Waals surface area (Å²) in [6.07, 6.45) is 8.36. The molecular weight excluding hydrogens is 226 g/mol. The van der Waals surface area contributed by atoms with Crippen LogP contribution in [-0.2, 0) is 4.74 Å². The minimum atomic E-state index is 0.288. The standard InChI is InChI=1S/C14H29N3O/c1-12(11-18-3)17-14(15-2)16-10-6-9-13-7-4-5-8-13/h12-13H,4-11H2,1-3H3,(H2,15,16,17). The zero-order valence-electron chi connectivity index (χ0n) is 12.2. The van der Waals surface area contributed by atoms with Gasteiger partial charge in [-0.3, -0.25) is 4.99 Å². The number of hydrogen-bond acceptors (Lipinski definition) is 2. The van der Waals surface area contributed by atoms with E-state index >= 15 is 0 Å². The van der Waals surface area contributed by atoms with Gasteiger partial charge in [-0.2, -0.15) is 0 Å². The van der Waals surface area contributed by atoms with Crippen LogP contribution in [0.1, 0.15) is 45.4 Å². The molecule has 0 bridgehead atoms. The lowest BCUT2D eigenvalue weighted by Crippen LogP contribution is -2.44. The lowest BCUT2D eigenvalue weighted by Gasteiger charge is -2.17. The second-order valence-corrected chi connectivity index (χ2v) is 5.29. The van der Waals surface area contributed by atoms with Crippen molar-refractivity contribution in [2.75, 3.05) is 27.3 Å². The first-order valence-corrected chi connectivity index (χ1v) is 7.22. The van der Waals surface area contributed by atoms with Crippen LogP contribution < -0.4 is 10.6 Å². The molecule has 0 aromatic rings. The monoisotopic (exact) mass is 255 g/mol. The van der Waals surface area contributed by atoms with E-state index in [1.54, 1.807) is 7.11 Å². The van der Waals surface area contributed by atoms with Crippen LogP contribution in [0.2, 0.25) is 0 Å². The number of guanidine groups is 1. The maximum absolute atomic E-state index is 5.10. The summed E-state index contributed by atoms with van der Waals surface area (Å²) in [6, 6.07) is 0.288. The quantitative estimate of drug-likeness (QED) is 0.416. The van der Waals surface area contributed by atoms with E-state index in [1.165, 1.54) is 38.5 Å². The average Bonchev–Trinajstić information content (AvgIpc) is 2.86. The third-order valence-electron chi connectivity index (χ3n) is 3.58. The van der Waals surface area contributed by atoms with Crippen molar-refractivity contribution in [2.24, 2.45) is 10.9 Å². The average molecular weight is 255 g/mol. The van der Waals surface area contributed by atoms with Gasteiger partial charge in [-0.05, 0) is 25.7 Å². The molecule has 1 aliphatic carbocycles. The highest BCUT2D eigenvalue weighted by atomic mass is 16.5. The van der Waals surface area contributed by atoms with Gasteiger partial charge in [0.25, 0.3) is 0 Å².